The zero-order chi connectivity index (χ0) is 17.3. The number of hydrogen-bond donors (Lipinski definition) is 1. The summed E-state index contributed by atoms with van der Waals surface area (Å²) >= 11 is 19.4. The van der Waals surface area contributed by atoms with E-state index in [0.717, 1.165) is 15.6 Å². The van der Waals surface area contributed by atoms with Crippen LogP contribution >= 0.6 is 46.1 Å². The average molecular weight is 398 g/mol. The van der Waals surface area contributed by atoms with Gasteiger partial charge in [-0.3, -0.25) is 4.79 Å². The molecule has 2 aromatic carbocycles. The van der Waals surface area contributed by atoms with Crippen molar-refractivity contribution in [1.82, 2.24) is 5.43 Å². The summed E-state index contributed by atoms with van der Waals surface area (Å²) < 4.78 is 0.857. The van der Waals surface area contributed by atoms with Gasteiger partial charge in [0.05, 0.1) is 10.7 Å². The lowest BCUT2D eigenvalue weighted by molar-refractivity contribution is 0.0959. The number of rotatable bonds is 3. The molecule has 0 atom stereocenters. The number of fused-ring (bicyclic) bond motifs is 1. The van der Waals surface area contributed by atoms with Crippen LogP contribution in [0.2, 0.25) is 15.1 Å². The molecule has 3 aromatic rings. The Morgan fingerprint density at radius 2 is 1.71 bits per heavy atom. The lowest BCUT2D eigenvalue weighted by Gasteiger charge is -2.02. The first kappa shape index (κ1) is 17.2. The second-order valence-electron chi connectivity index (χ2n) is 5.03. The van der Waals surface area contributed by atoms with Gasteiger partial charge in [0, 0.05) is 20.1 Å². The summed E-state index contributed by atoms with van der Waals surface area (Å²) in [7, 11) is 0. The Bertz CT molecular complexity index is 948. The number of carbonyl (C=O) groups is 1. The molecule has 3 rings (SSSR count). The van der Waals surface area contributed by atoms with Gasteiger partial charge in [-0.2, -0.15) is 5.10 Å². The molecule has 1 amide bonds. The molecule has 122 valence electrons. The first-order valence-corrected chi connectivity index (χ1v) is 8.89. The van der Waals surface area contributed by atoms with Gasteiger partial charge in [-0.05, 0) is 36.8 Å². The van der Waals surface area contributed by atoms with E-state index in [9.17, 15) is 4.79 Å². The summed E-state index contributed by atoms with van der Waals surface area (Å²) in [5, 5.41) is 6.58. The molecule has 1 heterocycles. The fourth-order valence-electron chi connectivity index (χ4n) is 2.13. The number of nitrogens with zero attached hydrogens (tertiary/aromatic N) is 1. The lowest BCUT2D eigenvalue weighted by Crippen LogP contribution is -2.18. The van der Waals surface area contributed by atoms with E-state index in [1.165, 1.54) is 11.3 Å². The van der Waals surface area contributed by atoms with Crippen LogP contribution in [-0.4, -0.2) is 11.6 Å². The monoisotopic (exact) mass is 396 g/mol. The van der Waals surface area contributed by atoms with Gasteiger partial charge in [0.25, 0.3) is 5.91 Å². The van der Waals surface area contributed by atoms with Crippen LogP contribution in [0, 0.1) is 0 Å². The van der Waals surface area contributed by atoms with E-state index in [1.54, 1.807) is 37.3 Å². The molecule has 0 aliphatic rings. The largest absolute Gasteiger partial charge is 0.283 e. The third-order valence-corrected chi connectivity index (χ3v) is 5.53. The van der Waals surface area contributed by atoms with Crippen LogP contribution < -0.4 is 5.43 Å². The summed E-state index contributed by atoms with van der Waals surface area (Å²) in [6, 6.07) is 12.5. The zero-order valence-corrected chi connectivity index (χ0v) is 15.5. The van der Waals surface area contributed by atoms with Gasteiger partial charge >= 0.3 is 0 Å². The van der Waals surface area contributed by atoms with Crippen molar-refractivity contribution in [1.29, 1.82) is 0 Å². The second kappa shape index (κ2) is 7.11. The van der Waals surface area contributed by atoms with Gasteiger partial charge in [-0.25, -0.2) is 5.43 Å². The van der Waals surface area contributed by atoms with Crippen LogP contribution in [-0.2, 0) is 0 Å². The van der Waals surface area contributed by atoms with Crippen molar-refractivity contribution in [2.24, 2.45) is 5.10 Å². The van der Waals surface area contributed by atoms with E-state index in [2.05, 4.69) is 10.5 Å². The average Bonchev–Trinajstić information content (AvgIpc) is 2.89. The summed E-state index contributed by atoms with van der Waals surface area (Å²) in [5.74, 6) is -0.356. The molecule has 0 aliphatic carbocycles. The summed E-state index contributed by atoms with van der Waals surface area (Å²) in [6.45, 7) is 1.80. The van der Waals surface area contributed by atoms with E-state index in [1.807, 2.05) is 12.1 Å². The molecule has 1 N–H and O–H groups in total. The molecule has 0 bridgehead atoms. The lowest BCUT2D eigenvalue weighted by atomic mass is 10.1. The van der Waals surface area contributed by atoms with E-state index < -0.39 is 0 Å². The zero-order valence-electron chi connectivity index (χ0n) is 12.4. The van der Waals surface area contributed by atoms with Crippen LogP contribution in [0.3, 0.4) is 0 Å². The van der Waals surface area contributed by atoms with Gasteiger partial charge in [-0.1, -0.05) is 53.0 Å². The van der Waals surface area contributed by atoms with Gasteiger partial charge in [-0.15, -0.1) is 11.3 Å². The molecule has 0 saturated carbocycles. The highest BCUT2D eigenvalue weighted by molar-refractivity contribution is 7.21. The Morgan fingerprint density at radius 3 is 2.42 bits per heavy atom. The van der Waals surface area contributed by atoms with E-state index in [4.69, 9.17) is 34.8 Å². The predicted octanol–water partition coefficient (Wildman–Crippen LogP) is 6.02. The number of amides is 1. The Balaban J connectivity index is 1.83. The third kappa shape index (κ3) is 3.57. The maximum absolute atomic E-state index is 12.4. The first-order chi connectivity index (χ1) is 11.5. The van der Waals surface area contributed by atoms with Crippen LogP contribution in [0.15, 0.2) is 47.6 Å². The van der Waals surface area contributed by atoms with Gasteiger partial charge in [0.2, 0.25) is 0 Å². The fraction of sp³-hybridized carbons (Fsp3) is 0.0588. The van der Waals surface area contributed by atoms with E-state index in [-0.39, 0.29) is 5.91 Å². The maximum Gasteiger partial charge on any atom is 0.283 e. The molecule has 1 aromatic heterocycles. The molecule has 0 radical (unpaired) electrons. The first-order valence-electron chi connectivity index (χ1n) is 6.94. The molecule has 0 unspecified atom stereocenters. The minimum atomic E-state index is -0.356. The minimum absolute atomic E-state index is 0.356. The van der Waals surface area contributed by atoms with Crippen molar-refractivity contribution in [2.45, 2.75) is 6.92 Å². The van der Waals surface area contributed by atoms with Crippen molar-refractivity contribution in [3.05, 3.63) is 68.0 Å². The van der Waals surface area contributed by atoms with Crippen LogP contribution in [0.25, 0.3) is 10.1 Å². The highest BCUT2D eigenvalue weighted by Gasteiger charge is 2.17. The minimum Gasteiger partial charge on any atom is -0.266 e. The Morgan fingerprint density at radius 1 is 1.04 bits per heavy atom. The Hall–Kier alpha value is -1.59. The molecule has 7 heteroatoms. The highest BCUT2D eigenvalue weighted by atomic mass is 35.5. The SMILES string of the molecule is CC(=NNC(=O)c1sc2cc(Cl)ccc2c1Cl)c1ccc(Cl)cc1. The summed E-state index contributed by atoms with van der Waals surface area (Å²) in [5.41, 5.74) is 4.07. The topological polar surface area (TPSA) is 41.5 Å². The Kier molecular flexibility index (Phi) is 5.11. The van der Waals surface area contributed by atoms with E-state index >= 15 is 0 Å². The quantitative estimate of drug-likeness (QED) is 0.426. The highest BCUT2D eigenvalue weighted by Crippen LogP contribution is 2.36. The van der Waals surface area contributed by atoms with Crippen LogP contribution in [0.5, 0.6) is 0 Å². The fourth-order valence-corrected chi connectivity index (χ4v) is 3.94. The van der Waals surface area contributed by atoms with Crippen molar-refractivity contribution in [2.75, 3.05) is 0 Å². The molecule has 24 heavy (non-hydrogen) atoms. The molecule has 0 spiro atoms. The standard InChI is InChI=1S/C17H11Cl3N2OS/c1-9(10-2-4-11(18)5-3-10)21-22-17(23)16-15(20)13-7-6-12(19)8-14(13)24-16/h2-8H,1H3,(H,22,23). The van der Waals surface area contributed by atoms with Crippen molar-refractivity contribution in [3.8, 4) is 0 Å². The Labute approximate surface area is 157 Å². The predicted molar refractivity (Wildman–Crippen MR) is 103 cm³/mol. The number of halogens is 3. The van der Waals surface area contributed by atoms with Gasteiger partial charge in [0.15, 0.2) is 0 Å². The number of nitrogens with one attached hydrogen (secondary N) is 1. The number of hydrogen-bond acceptors (Lipinski definition) is 3. The molecular formula is C17H11Cl3N2OS. The second-order valence-corrected chi connectivity index (χ2v) is 7.33. The van der Waals surface area contributed by atoms with Gasteiger partial charge < -0.3 is 0 Å². The number of benzene rings is 2. The third-order valence-electron chi connectivity index (χ3n) is 3.38. The van der Waals surface area contributed by atoms with Crippen molar-refractivity contribution in [3.63, 3.8) is 0 Å². The van der Waals surface area contributed by atoms with Crippen LogP contribution in [0.1, 0.15) is 22.2 Å². The van der Waals surface area contributed by atoms with E-state index in [0.29, 0.717) is 25.7 Å². The molecular weight excluding hydrogens is 387 g/mol. The number of thiophene rings is 1. The van der Waals surface area contributed by atoms with Crippen molar-refractivity contribution >= 4 is 67.8 Å². The van der Waals surface area contributed by atoms with Crippen LogP contribution in [0.4, 0.5) is 0 Å². The summed E-state index contributed by atoms with van der Waals surface area (Å²) in [4.78, 5) is 12.8. The smallest absolute Gasteiger partial charge is 0.266 e. The molecule has 0 aliphatic heterocycles. The number of carbonyl (C=O) groups excluding carboxylic acids is 1. The van der Waals surface area contributed by atoms with Crippen molar-refractivity contribution < 1.29 is 4.79 Å². The normalized spacial score (nSPS) is 11.8. The molecule has 0 saturated heterocycles. The number of hydrazone groups is 1. The van der Waals surface area contributed by atoms with Gasteiger partial charge in [0.1, 0.15) is 4.88 Å². The molecule has 0 fully saturated rings. The summed E-state index contributed by atoms with van der Waals surface area (Å²) in [6.07, 6.45) is 0. The maximum atomic E-state index is 12.4. The molecule has 3 nitrogen and oxygen atoms in total.